The Balaban J connectivity index is 1.73. The van der Waals surface area contributed by atoms with Crippen molar-refractivity contribution in [2.75, 3.05) is 13.6 Å². The normalized spacial score (nSPS) is 27.6. The summed E-state index contributed by atoms with van der Waals surface area (Å²) in [6, 6.07) is 4.06. The lowest BCUT2D eigenvalue weighted by Crippen LogP contribution is -2.64. The zero-order chi connectivity index (χ0) is 17.2. The number of pyridine rings is 1. The Labute approximate surface area is 144 Å². The monoisotopic (exact) mass is 329 g/mol. The van der Waals surface area contributed by atoms with Gasteiger partial charge in [0.25, 0.3) is 0 Å². The van der Waals surface area contributed by atoms with Crippen LogP contribution in [-0.2, 0) is 16.0 Å². The smallest absolute Gasteiger partial charge is 0.223 e. The fourth-order valence-electron chi connectivity index (χ4n) is 4.23. The molecular weight excluding hydrogens is 302 g/mol. The second-order valence-electron chi connectivity index (χ2n) is 7.27. The van der Waals surface area contributed by atoms with Crippen LogP contribution in [0, 0.1) is 0 Å². The molecule has 0 radical (unpaired) electrons. The molecular formula is C19H27N3O2. The first-order valence-electron chi connectivity index (χ1n) is 8.97. The average molecular weight is 329 g/mol. The number of carbonyl (C=O) groups is 2. The van der Waals surface area contributed by atoms with Gasteiger partial charge in [-0.15, -0.1) is 0 Å². The molecule has 0 saturated carbocycles. The zero-order valence-electron chi connectivity index (χ0n) is 14.7. The minimum absolute atomic E-state index is 0.143. The fourth-order valence-corrected chi connectivity index (χ4v) is 4.23. The van der Waals surface area contributed by atoms with Gasteiger partial charge >= 0.3 is 0 Å². The molecule has 1 aromatic heterocycles. The molecule has 5 nitrogen and oxygen atoms in total. The number of nitrogens with zero attached hydrogens (tertiary/aromatic N) is 3. The predicted octanol–water partition coefficient (Wildman–Crippen LogP) is 2.41. The molecule has 2 fully saturated rings. The predicted molar refractivity (Wildman–Crippen MR) is 92.3 cm³/mol. The van der Waals surface area contributed by atoms with Gasteiger partial charge in [0, 0.05) is 38.8 Å². The average Bonchev–Trinajstić information content (AvgIpc) is 2.77. The number of amides is 2. The number of rotatable bonds is 3. The number of likely N-dealkylation sites (N-methyl/N-ethyl adjacent to an activating group) is 1. The van der Waals surface area contributed by atoms with E-state index in [0.717, 1.165) is 44.2 Å². The number of carbonyl (C=O) groups excluding carboxylic acids is 2. The van der Waals surface area contributed by atoms with Crippen LogP contribution in [0.5, 0.6) is 0 Å². The van der Waals surface area contributed by atoms with Crippen LogP contribution >= 0.6 is 0 Å². The van der Waals surface area contributed by atoms with E-state index in [9.17, 15) is 9.59 Å². The summed E-state index contributed by atoms with van der Waals surface area (Å²) in [6.45, 7) is 2.97. The Morgan fingerprint density at radius 1 is 1.42 bits per heavy atom. The summed E-state index contributed by atoms with van der Waals surface area (Å²) in [6.07, 6.45) is 9.21. The maximum atomic E-state index is 12.9. The Hall–Kier alpha value is -1.91. The summed E-state index contributed by atoms with van der Waals surface area (Å²) in [5.74, 6) is 0.415. The molecule has 3 heterocycles. The first-order valence-corrected chi connectivity index (χ1v) is 8.97. The third-order valence-electron chi connectivity index (χ3n) is 5.87. The number of hydrogen-bond acceptors (Lipinski definition) is 3. The summed E-state index contributed by atoms with van der Waals surface area (Å²) in [5, 5.41) is 0. The summed E-state index contributed by atoms with van der Waals surface area (Å²) >= 11 is 0. The highest BCUT2D eigenvalue weighted by Gasteiger charge is 2.48. The maximum absolute atomic E-state index is 12.9. The lowest BCUT2D eigenvalue weighted by molar-refractivity contribution is -0.150. The molecule has 1 aromatic rings. The van der Waals surface area contributed by atoms with Gasteiger partial charge in [-0.3, -0.25) is 14.6 Å². The second-order valence-corrected chi connectivity index (χ2v) is 7.27. The summed E-state index contributed by atoms with van der Waals surface area (Å²) in [4.78, 5) is 33.2. The van der Waals surface area contributed by atoms with Gasteiger partial charge in [-0.05, 0) is 50.7 Å². The lowest BCUT2D eigenvalue weighted by atomic mass is 9.79. The highest BCUT2D eigenvalue weighted by atomic mass is 16.2. The molecule has 2 aliphatic rings. The highest BCUT2D eigenvalue weighted by molar-refractivity contribution is 5.80. The molecule has 0 spiro atoms. The number of piperidine rings is 1. The Bertz CT molecular complexity index is 604. The number of aromatic nitrogens is 1. The number of likely N-dealkylation sites (tertiary alicyclic amines) is 2. The minimum atomic E-state index is -0.226. The van der Waals surface area contributed by atoms with Crippen molar-refractivity contribution in [3.63, 3.8) is 0 Å². The molecule has 2 amide bonds. The second kappa shape index (κ2) is 6.91. The van der Waals surface area contributed by atoms with Crippen molar-refractivity contribution in [3.05, 3.63) is 30.1 Å². The summed E-state index contributed by atoms with van der Waals surface area (Å²) in [7, 11) is 1.90. The van der Waals surface area contributed by atoms with Crippen molar-refractivity contribution in [2.45, 2.75) is 63.5 Å². The molecule has 2 aliphatic heterocycles. The molecule has 0 aromatic carbocycles. The van der Waals surface area contributed by atoms with E-state index in [1.807, 2.05) is 30.3 Å². The molecule has 0 bridgehead atoms. The van der Waals surface area contributed by atoms with E-state index in [-0.39, 0.29) is 23.4 Å². The van der Waals surface area contributed by atoms with Gasteiger partial charge in [0.05, 0.1) is 11.6 Å². The topological polar surface area (TPSA) is 53.5 Å². The summed E-state index contributed by atoms with van der Waals surface area (Å²) in [5.41, 5.74) is 0.870. The molecule has 0 aliphatic carbocycles. The van der Waals surface area contributed by atoms with E-state index in [0.29, 0.717) is 12.8 Å². The molecule has 2 saturated heterocycles. The van der Waals surface area contributed by atoms with Crippen molar-refractivity contribution in [2.24, 2.45) is 0 Å². The molecule has 0 unspecified atom stereocenters. The van der Waals surface area contributed by atoms with E-state index >= 15 is 0 Å². The largest absolute Gasteiger partial charge is 0.338 e. The highest BCUT2D eigenvalue weighted by Crippen LogP contribution is 2.38. The van der Waals surface area contributed by atoms with Crippen LogP contribution in [0.15, 0.2) is 24.5 Å². The number of fused-ring (bicyclic) bond motifs is 1. The molecule has 3 rings (SSSR count). The van der Waals surface area contributed by atoms with Crippen molar-refractivity contribution in [3.8, 4) is 0 Å². The van der Waals surface area contributed by atoms with Crippen molar-refractivity contribution in [1.82, 2.24) is 14.8 Å². The van der Waals surface area contributed by atoms with Crippen LogP contribution in [0.3, 0.4) is 0 Å². The molecule has 130 valence electrons. The number of aryl methyl sites for hydroxylation is 1. The minimum Gasteiger partial charge on any atom is -0.338 e. The van der Waals surface area contributed by atoms with Crippen LogP contribution in [-0.4, -0.2) is 51.8 Å². The first kappa shape index (κ1) is 16.9. The third-order valence-corrected chi connectivity index (χ3v) is 5.87. The molecule has 2 atom stereocenters. The van der Waals surface area contributed by atoms with Crippen LogP contribution in [0.2, 0.25) is 0 Å². The van der Waals surface area contributed by atoms with Gasteiger partial charge in [0.1, 0.15) is 0 Å². The van der Waals surface area contributed by atoms with E-state index in [4.69, 9.17) is 0 Å². The molecule has 24 heavy (non-hydrogen) atoms. The standard InChI is InChI=1S/C19H27N3O2/c1-19-11-3-4-13-22(16(19)8-10-17(23)21(19)2)18(24)9-7-15-6-5-12-20-14-15/h5-6,12,14,16H,3-4,7-11,13H2,1-2H3/t16-,19-/m0/s1. The van der Waals surface area contributed by atoms with Crippen molar-refractivity contribution < 1.29 is 9.59 Å². The maximum Gasteiger partial charge on any atom is 0.223 e. The third kappa shape index (κ3) is 3.17. The van der Waals surface area contributed by atoms with Gasteiger partial charge < -0.3 is 9.80 Å². The van der Waals surface area contributed by atoms with Gasteiger partial charge in [-0.25, -0.2) is 0 Å². The van der Waals surface area contributed by atoms with Gasteiger partial charge in [-0.2, -0.15) is 0 Å². The quantitative estimate of drug-likeness (QED) is 0.856. The molecule has 5 heteroatoms. The summed E-state index contributed by atoms with van der Waals surface area (Å²) < 4.78 is 0. The van der Waals surface area contributed by atoms with Crippen LogP contribution < -0.4 is 0 Å². The molecule has 0 N–H and O–H groups in total. The lowest BCUT2D eigenvalue weighted by Gasteiger charge is -2.51. The number of hydrogen-bond donors (Lipinski definition) is 0. The van der Waals surface area contributed by atoms with Crippen LogP contribution in [0.4, 0.5) is 0 Å². The fraction of sp³-hybridized carbons (Fsp3) is 0.632. The SMILES string of the molecule is CN1C(=O)CC[C@@H]2N(C(=O)CCc3cccnc3)CCCC[C@@]21C. The van der Waals surface area contributed by atoms with E-state index < -0.39 is 0 Å². The Morgan fingerprint density at radius 2 is 2.25 bits per heavy atom. The van der Waals surface area contributed by atoms with Gasteiger partial charge in [0.15, 0.2) is 0 Å². The van der Waals surface area contributed by atoms with Crippen molar-refractivity contribution in [1.29, 1.82) is 0 Å². The van der Waals surface area contributed by atoms with E-state index in [1.54, 1.807) is 6.20 Å². The Kier molecular flexibility index (Phi) is 4.88. The Morgan fingerprint density at radius 3 is 3.00 bits per heavy atom. The van der Waals surface area contributed by atoms with E-state index in [2.05, 4.69) is 16.8 Å². The van der Waals surface area contributed by atoms with Gasteiger partial charge in [-0.1, -0.05) is 6.07 Å². The zero-order valence-corrected chi connectivity index (χ0v) is 14.7. The van der Waals surface area contributed by atoms with Crippen molar-refractivity contribution >= 4 is 11.8 Å². The van der Waals surface area contributed by atoms with Crippen LogP contribution in [0.1, 0.15) is 51.0 Å². The van der Waals surface area contributed by atoms with Crippen LogP contribution in [0.25, 0.3) is 0 Å². The van der Waals surface area contributed by atoms with Gasteiger partial charge in [0.2, 0.25) is 11.8 Å². The first-order chi connectivity index (χ1) is 11.5. The van der Waals surface area contributed by atoms with E-state index in [1.165, 1.54) is 0 Å².